The molecule has 0 spiro atoms. The Bertz CT molecular complexity index is 8050. The minimum Gasteiger partial charge on any atom is -0.338 e. The average molecular weight is 1660 g/mol. The van der Waals surface area contributed by atoms with E-state index in [9.17, 15) is 0 Å². The summed E-state index contributed by atoms with van der Waals surface area (Å²) in [5.74, 6) is 2.11. The molecule has 0 fully saturated rings. The first-order valence-electron chi connectivity index (χ1n) is 45.7. The number of hydrogen-bond donors (Lipinski definition) is 0. The lowest BCUT2D eigenvalue weighted by molar-refractivity contribution is 0.642. The normalized spacial score (nSPS) is 11.7. The van der Waals surface area contributed by atoms with Gasteiger partial charge < -0.3 is 27.4 Å². The second kappa shape index (κ2) is 35.7. The van der Waals surface area contributed by atoms with Crippen molar-refractivity contribution < 1.29 is 0 Å². The van der Waals surface area contributed by atoms with Crippen LogP contribution in [0.25, 0.3) is 175 Å². The van der Waals surface area contributed by atoms with Crippen LogP contribution in [0.15, 0.2) is 413 Å². The van der Waals surface area contributed by atoms with Gasteiger partial charge in [-0.25, -0.2) is 0 Å². The lowest BCUT2D eigenvalue weighted by Gasteiger charge is -2.13. The van der Waals surface area contributed by atoms with Gasteiger partial charge in [0.1, 0.15) is 0 Å². The number of benzene rings is 18. The van der Waals surface area contributed by atoms with E-state index in [-0.39, 0.29) is 0 Å². The van der Waals surface area contributed by atoms with Crippen molar-refractivity contribution in [3.63, 3.8) is 0 Å². The second-order valence-corrected chi connectivity index (χ2v) is 35.8. The van der Waals surface area contributed by atoms with Gasteiger partial charge in [-0.05, 0) is 223 Å². The van der Waals surface area contributed by atoms with E-state index < -0.39 is 0 Å². The topological polar surface area (TPSA) is 29.6 Å². The molecule has 0 atom stereocenters. The highest BCUT2D eigenvalue weighted by Gasteiger charge is 2.22. The molecule has 128 heavy (non-hydrogen) atoms. The lowest BCUT2D eigenvalue weighted by Crippen LogP contribution is -1.99. The molecule has 0 radical (unpaired) electrons. The molecule has 24 aromatic rings. The van der Waals surface area contributed by atoms with Gasteiger partial charge in [-0.3, -0.25) is 0 Å². The maximum absolute atomic E-state index is 2.44. The zero-order valence-corrected chi connectivity index (χ0v) is 75.4. The molecular weight excluding hydrogens is 1550 g/mol. The number of aromatic nitrogens is 6. The highest BCUT2D eigenvalue weighted by molar-refractivity contribution is 6.21. The van der Waals surface area contributed by atoms with Crippen LogP contribution in [-0.2, 0) is 0 Å². The van der Waals surface area contributed by atoms with Crippen LogP contribution < -0.4 is 0 Å². The summed E-state index contributed by atoms with van der Waals surface area (Å²) in [5, 5.41) is 21.3. The molecule has 0 aliphatic carbocycles. The summed E-state index contributed by atoms with van der Waals surface area (Å²) < 4.78 is 14.4. The Kier molecular flexibility index (Phi) is 23.1. The van der Waals surface area contributed by atoms with Crippen molar-refractivity contribution in [2.45, 2.75) is 119 Å². The molecule has 6 heteroatoms. The summed E-state index contributed by atoms with van der Waals surface area (Å²) in [6.07, 6.45) is 0. The third kappa shape index (κ3) is 15.5. The molecule has 0 aliphatic heterocycles. The number of hydrogen-bond acceptors (Lipinski definition) is 0. The van der Waals surface area contributed by atoms with E-state index in [1.54, 1.807) is 0 Å². The van der Waals surface area contributed by atoms with Crippen LogP contribution in [0.1, 0.15) is 141 Å². The third-order valence-corrected chi connectivity index (χ3v) is 25.7. The average Bonchev–Trinajstić information content (AvgIpc) is 1.60. The first-order chi connectivity index (χ1) is 62.6. The quantitative estimate of drug-likeness (QED) is 0.131. The number of nitrogens with zero attached hydrogens (tertiary/aromatic N) is 6. The van der Waals surface area contributed by atoms with Gasteiger partial charge in [0.25, 0.3) is 0 Å². The fraction of sp³-hybridized carbons (Fsp3) is 0.148. The van der Waals surface area contributed by atoms with E-state index >= 15 is 0 Å². The molecule has 0 saturated heterocycles. The predicted octanol–water partition coefficient (Wildman–Crippen LogP) is 34.7. The molecule has 0 saturated carbocycles. The van der Waals surface area contributed by atoms with Crippen molar-refractivity contribution in [1.82, 2.24) is 27.4 Å². The van der Waals surface area contributed by atoms with Crippen LogP contribution in [0.4, 0.5) is 0 Å². The minimum atomic E-state index is 0.457. The molecule has 6 heterocycles. The molecule has 628 valence electrons. The summed E-state index contributed by atoms with van der Waals surface area (Å²) in [5.41, 5.74) is 26.0. The Balaban J connectivity index is 0.0000001000. The Hall–Kier alpha value is -14.7. The maximum atomic E-state index is 2.44. The van der Waals surface area contributed by atoms with E-state index in [2.05, 4.69) is 523 Å². The zero-order valence-electron chi connectivity index (χ0n) is 75.4. The number of rotatable bonds is 10. The van der Waals surface area contributed by atoms with Crippen LogP contribution in [0, 0.1) is 0 Å². The van der Waals surface area contributed by atoms with Crippen molar-refractivity contribution in [1.29, 1.82) is 0 Å². The highest BCUT2D eigenvalue weighted by Crippen LogP contribution is 2.43. The standard InChI is InChI=1S/4C21H19N.2C19H17N/c1-15(2)16-8-7-9-17(14-16)22-20-12-5-3-10-18(20)19-11-4-6-13-21(19)22;1-15(2)17-12-8-13-19-18-11-6-7-14-20(18)22(21(17)19)16-9-4-3-5-10-16;1-15(2)16-12-13-21-19(14-16)18-10-6-7-11-20(18)22(21)17-8-4-3-5-9-17;1-15(2)16-12-13-19-18-10-6-7-11-20(18)22(21(19)14-16)17-8-4-3-5-9-17;1-13(2)20-18-10-6-5-9-16(18)17-11-14-7-3-4-8-15(14)12-19(17)20;1-13(2)20-17-10-6-5-9-16(17)19-15-8-4-3-7-14(15)11-12-18(19)20/h4*3-15H,1-2H3;2*3-13H,1-2H3. The molecule has 6 aromatic heterocycles. The molecule has 0 amide bonds. The number of para-hydroxylation sites is 11. The molecule has 24 rings (SSSR count). The van der Waals surface area contributed by atoms with Gasteiger partial charge in [0.05, 0.1) is 44.1 Å². The molecular formula is C122H110N6. The summed E-state index contributed by atoms with van der Waals surface area (Å²) in [6.45, 7) is 27.0. The summed E-state index contributed by atoms with van der Waals surface area (Å²) in [7, 11) is 0. The molecule has 6 nitrogen and oxygen atoms in total. The van der Waals surface area contributed by atoms with Crippen molar-refractivity contribution in [2.75, 3.05) is 0 Å². The van der Waals surface area contributed by atoms with Gasteiger partial charge in [-0.1, -0.05) is 341 Å². The van der Waals surface area contributed by atoms with Gasteiger partial charge in [0.15, 0.2) is 0 Å². The Morgan fingerprint density at radius 2 is 0.492 bits per heavy atom. The fourth-order valence-electron chi connectivity index (χ4n) is 19.6. The van der Waals surface area contributed by atoms with Gasteiger partial charge in [0, 0.05) is 122 Å². The van der Waals surface area contributed by atoms with E-state index in [4.69, 9.17) is 0 Å². The van der Waals surface area contributed by atoms with E-state index in [1.807, 2.05) is 0 Å². The van der Waals surface area contributed by atoms with Crippen LogP contribution in [0.3, 0.4) is 0 Å². The van der Waals surface area contributed by atoms with Crippen molar-refractivity contribution in [3.8, 4) is 22.7 Å². The van der Waals surface area contributed by atoms with Gasteiger partial charge in [0.2, 0.25) is 0 Å². The van der Waals surface area contributed by atoms with Crippen molar-refractivity contribution in [2.24, 2.45) is 0 Å². The maximum Gasteiger partial charge on any atom is 0.0575 e. The predicted molar refractivity (Wildman–Crippen MR) is 554 cm³/mol. The van der Waals surface area contributed by atoms with Crippen LogP contribution in [0.5, 0.6) is 0 Å². The number of fused-ring (bicyclic) bond motifs is 21. The molecule has 0 unspecified atom stereocenters. The van der Waals surface area contributed by atoms with Gasteiger partial charge in [-0.15, -0.1) is 0 Å². The smallest absolute Gasteiger partial charge is 0.0575 e. The molecule has 0 bridgehead atoms. The minimum absolute atomic E-state index is 0.457. The summed E-state index contributed by atoms with van der Waals surface area (Å²) >= 11 is 0. The van der Waals surface area contributed by atoms with Crippen molar-refractivity contribution >= 4 is 152 Å². The zero-order chi connectivity index (χ0) is 87.8. The van der Waals surface area contributed by atoms with E-state index in [0.717, 1.165) is 0 Å². The van der Waals surface area contributed by atoms with Crippen LogP contribution in [-0.4, -0.2) is 27.4 Å². The molecule has 0 N–H and O–H groups in total. The second-order valence-electron chi connectivity index (χ2n) is 35.8. The first-order valence-corrected chi connectivity index (χ1v) is 45.7. The van der Waals surface area contributed by atoms with Crippen molar-refractivity contribution in [3.05, 3.63) is 435 Å². The van der Waals surface area contributed by atoms with Gasteiger partial charge >= 0.3 is 0 Å². The lowest BCUT2D eigenvalue weighted by atomic mass is 10.00. The third-order valence-electron chi connectivity index (χ3n) is 25.7. The Morgan fingerprint density at radius 3 is 1.01 bits per heavy atom. The summed E-state index contributed by atoms with van der Waals surface area (Å²) in [6, 6.07) is 149. The fourth-order valence-corrected chi connectivity index (χ4v) is 19.6. The SMILES string of the molecule is CC(C)c1ccc2c(c1)c1ccccc1n2-c1ccccc1.CC(C)c1ccc2c3ccccc3n(-c3ccccc3)c2c1.CC(C)c1cccc(-n2c3ccccc3c3ccccc32)c1.CC(C)c1cccc2c3ccccc3n(-c3ccccc3)c12.CC(C)n1c2ccccc2c2c3ccccc3ccc21.CC(C)n1c2ccccc2c2cc3ccccc3cc21. The Labute approximate surface area is 751 Å². The van der Waals surface area contributed by atoms with E-state index in [1.165, 1.54) is 197 Å². The van der Waals surface area contributed by atoms with Crippen LogP contribution in [0.2, 0.25) is 0 Å². The molecule has 18 aromatic carbocycles. The van der Waals surface area contributed by atoms with Gasteiger partial charge in [-0.2, -0.15) is 0 Å². The van der Waals surface area contributed by atoms with Crippen LogP contribution >= 0.6 is 0 Å². The summed E-state index contributed by atoms with van der Waals surface area (Å²) in [4.78, 5) is 0. The Morgan fingerprint density at radius 1 is 0.164 bits per heavy atom. The first kappa shape index (κ1) is 82.9. The van der Waals surface area contributed by atoms with E-state index in [0.29, 0.717) is 35.8 Å². The largest absolute Gasteiger partial charge is 0.338 e. The monoisotopic (exact) mass is 1660 g/mol. The highest BCUT2D eigenvalue weighted by atomic mass is 15.0. The molecule has 0 aliphatic rings.